The highest BCUT2D eigenvalue weighted by atomic mass is 15.3. The van der Waals surface area contributed by atoms with Crippen molar-refractivity contribution in [2.24, 2.45) is 0 Å². The van der Waals surface area contributed by atoms with Crippen LogP contribution in [-0.2, 0) is 0 Å². The van der Waals surface area contributed by atoms with Crippen molar-refractivity contribution in [3.8, 4) is 0 Å². The molecule has 0 atom stereocenters. The molecule has 1 fully saturated rings. The summed E-state index contributed by atoms with van der Waals surface area (Å²) in [5, 5.41) is 1.15. The lowest BCUT2D eigenvalue weighted by Crippen LogP contribution is -2.45. The molecular weight excluding hydrogens is 236 g/mol. The number of aryl methyl sites for hydroxylation is 1. The van der Waals surface area contributed by atoms with Gasteiger partial charge in [0.25, 0.3) is 0 Å². The summed E-state index contributed by atoms with van der Waals surface area (Å²) in [5.74, 6) is 0.948. The summed E-state index contributed by atoms with van der Waals surface area (Å²) in [4.78, 5) is 9.40. The summed E-state index contributed by atoms with van der Waals surface area (Å²) in [6.07, 6.45) is 0. The molecule has 19 heavy (non-hydrogen) atoms. The van der Waals surface area contributed by atoms with Crippen LogP contribution in [0.25, 0.3) is 10.9 Å². The Bertz CT molecular complexity index is 600. The van der Waals surface area contributed by atoms with Crippen LogP contribution in [0.15, 0.2) is 24.3 Å². The highest BCUT2D eigenvalue weighted by Crippen LogP contribution is 2.30. The molecule has 0 amide bonds. The van der Waals surface area contributed by atoms with E-state index in [1.54, 1.807) is 0 Å². The van der Waals surface area contributed by atoms with Gasteiger partial charge in [-0.1, -0.05) is 18.2 Å². The lowest BCUT2D eigenvalue weighted by molar-refractivity contribution is 0.312. The first-order valence-electron chi connectivity index (χ1n) is 6.75. The molecule has 1 aromatic heterocycles. The maximum Gasteiger partial charge on any atom is 0.152 e. The molecule has 1 saturated heterocycles. The second kappa shape index (κ2) is 4.70. The number of benzene rings is 1. The molecule has 2 N–H and O–H groups in total. The number of likely N-dealkylation sites (N-methyl/N-ethyl adjacent to an activating group) is 1. The highest BCUT2D eigenvalue weighted by Gasteiger charge is 2.19. The minimum atomic E-state index is 0.822. The Morgan fingerprint density at radius 2 is 1.79 bits per heavy atom. The van der Waals surface area contributed by atoms with Crippen LogP contribution in [0.3, 0.4) is 0 Å². The van der Waals surface area contributed by atoms with Crippen LogP contribution in [-0.4, -0.2) is 43.1 Å². The zero-order valence-electron chi connectivity index (χ0n) is 11.6. The minimum absolute atomic E-state index is 0.822. The molecule has 1 aliphatic rings. The van der Waals surface area contributed by atoms with E-state index in [1.807, 2.05) is 12.1 Å². The van der Waals surface area contributed by atoms with Crippen molar-refractivity contribution < 1.29 is 0 Å². The normalized spacial score (nSPS) is 17.1. The van der Waals surface area contributed by atoms with Crippen LogP contribution < -0.4 is 10.6 Å². The van der Waals surface area contributed by atoms with E-state index in [0.29, 0.717) is 0 Å². The van der Waals surface area contributed by atoms with E-state index in [1.165, 1.54) is 0 Å². The van der Waals surface area contributed by atoms with Crippen molar-refractivity contribution in [1.82, 2.24) is 9.88 Å². The fourth-order valence-electron chi connectivity index (χ4n) is 2.63. The Kier molecular flexibility index (Phi) is 3.03. The number of anilines is 2. The van der Waals surface area contributed by atoms with E-state index in [2.05, 4.69) is 35.9 Å². The molecule has 4 nitrogen and oxygen atoms in total. The fraction of sp³-hybridized carbons (Fsp3) is 0.400. The maximum atomic E-state index is 6.30. The third-order valence-electron chi connectivity index (χ3n) is 3.98. The van der Waals surface area contributed by atoms with Gasteiger partial charge in [-0.25, -0.2) is 4.98 Å². The number of hydrogen-bond donors (Lipinski definition) is 1. The number of aromatic nitrogens is 1. The number of fused-ring (bicyclic) bond motifs is 1. The number of hydrogen-bond acceptors (Lipinski definition) is 4. The molecule has 100 valence electrons. The Balaban J connectivity index is 2.06. The molecule has 2 heterocycles. The van der Waals surface area contributed by atoms with E-state index >= 15 is 0 Å². The van der Waals surface area contributed by atoms with Gasteiger partial charge >= 0.3 is 0 Å². The van der Waals surface area contributed by atoms with Crippen molar-refractivity contribution in [2.75, 3.05) is 43.9 Å². The van der Waals surface area contributed by atoms with Gasteiger partial charge in [-0.15, -0.1) is 0 Å². The Hall–Kier alpha value is -1.81. The zero-order chi connectivity index (χ0) is 13.4. The van der Waals surface area contributed by atoms with Gasteiger partial charge in [0.15, 0.2) is 5.82 Å². The van der Waals surface area contributed by atoms with Crippen molar-refractivity contribution in [1.29, 1.82) is 0 Å². The van der Waals surface area contributed by atoms with Crippen LogP contribution in [0.5, 0.6) is 0 Å². The van der Waals surface area contributed by atoms with Crippen LogP contribution in [0, 0.1) is 6.92 Å². The summed E-state index contributed by atoms with van der Waals surface area (Å²) in [7, 11) is 2.15. The van der Waals surface area contributed by atoms with E-state index < -0.39 is 0 Å². The highest BCUT2D eigenvalue weighted by molar-refractivity contribution is 5.90. The average molecular weight is 256 g/mol. The van der Waals surface area contributed by atoms with Crippen molar-refractivity contribution in [3.05, 3.63) is 29.8 Å². The summed E-state index contributed by atoms with van der Waals surface area (Å²) in [6, 6.07) is 8.20. The van der Waals surface area contributed by atoms with Gasteiger partial charge in [0.2, 0.25) is 0 Å². The zero-order valence-corrected chi connectivity index (χ0v) is 11.6. The molecule has 1 aliphatic heterocycles. The van der Waals surface area contributed by atoms with Crippen molar-refractivity contribution in [2.45, 2.75) is 6.92 Å². The Morgan fingerprint density at radius 3 is 2.53 bits per heavy atom. The van der Waals surface area contributed by atoms with Gasteiger partial charge in [0.05, 0.1) is 11.2 Å². The first-order chi connectivity index (χ1) is 9.16. The third-order valence-corrected chi connectivity index (χ3v) is 3.98. The number of piperazine rings is 1. The molecule has 0 bridgehead atoms. The molecule has 0 saturated carbocycles. The Morgan fingerprint density at radius 1 is 1.11 bits per heavy atom. The fourth-order valence-corrected chi connectivity index (χ4v) is 2.63. The first kappa shape index (κ1) is 12.2. The molecule has 0 unspecified atom stereocenters. The van der Waals surface area contributed by atoms with Gasteiger partial charge in [-0.2, -0.15) is 0 Å². The first-order valence-corrected chi connectivity index (χ1v) is 6.75. The van der Waals surface area contributed by atoms with E-state index in [-0.39, 0.29) is 0 Å². The number of nitrogens with zero attached hydrogens (tertiary/aromatic N) is 3. The lowest BCUT2D eigenvalue weighted by atomic mass is 10.1. The molecule has 0 radical (unpaired) electrons. The van der Waals surface area contributed by atoms with Gasteiger partial charge in [-0.05, 0) is 25.6 Å². The number of nitrogens with two attached hydrogens (primary N) is 1. The summed E-state index contributed by atoms with van der Waals surface area (Å²) in [6.45, 7) is 6.19. The van der Waals surface area contributed by atoms with Crippen LogP contribution in [0.2, 0.25) is 0 Å². The van der Waals surface area contributed by atoms with Crippen LogP contribution >= 0.6 is 0 Å². The van der Waals surface area contributed by atoms with Gasteiger partial charge in [0, 0.05) is 31.6 Å². The summed E-state index contributed by atoms with van der Waals surface area (Å²) in [5.41, 5.74) is 9.29. The van der Waals surface area contributed by atoms with E-state index in [0.717, 1.165) is 54.2 Å². The molecule has 2 aromatic rings. The van der Waals surface area contributed by atoms with Gasteiger partial charge in [-0.3, -0.25) is 0 Å². The van der Waals surface area contributed by atoms with E-state index in [4.69, 9.17) is 10.7 Å². The molecule has 4 heteroatoms. The smallest absolute Gasteiger partial charge is 0.152 e. The maximum absolute atomic E-state index is 6.30. The average Bonchev–Trinajstić information content (AvgIpc) is 2.44. The summed E-state index contributed by atoms with van der Waals surface area (Å²) >= 11 is 0. The van der Waals surface area contributed by atoms with Gasteiger partial charge in [0.1, 0.15) is 0 Å². The molecule has 3 rings (SSSR count). The van der Waals surface area contributed by atoms with Crippen molar-refractivity contribution in [3.63, 3.8) is 0 Å². The quantitative estimate of drug-likeness (QED) is 0.846. The molecule has 0 aliphatic carbocycles. The predicted molar refractivity (Wildman–Crippen MR) is 80.6 cm³/mol. The predicted octanol–water partition coefficient (Wildman–Crippen LogP) is 1.88. The number of rotatable bonds is 1. The SMILES string of the molecule is Cc1c(N)c(N2CCN(C)CC2)nc2ccccc12. The standard InChI is InChI=1S/C15H20N4/c1-11-12-5-3-4-6-13(12)17-15(14(11)16)19-9-7-18(2)8-10-19/h3-6H,7-10,16H2,1-2H3. The monoisotopic (exact) mass is 256 g/mol. The summed E-state index contributed by atoms with van der Waals surface area (Å²) < 4.78 is 0. The molecule has 1 aromatic carbocycles. The second-order valence-electron chi connectivity index (χ2n) is 5.28. The third kappa shape index (κ3) is 2.12. The van der Waals surface area contributed by atoms with Crippen LogP contribution in [0.1, 0.15) is 5.56 Å². The number of pyridine rings is 1. The Labute approximate surface area is 113 Å². The largest absolute Gasteiger partial charge is 0.396 e. The number of para-hydroxylation sites is 1. The second-order valence-corrected chi connectivity index (χ2v) is 5.28. The van der Waals surface area contributed by atoms with Gasteiger partial charge < -0.3 is 15.5 Å². The topological polar surface area (TPSA) is 45.4 Å². The molecular formula is C15H20N4. The van der Waals surface area contributed by atoms with Crippen molar-refractivity contribution >= 4 is 22.4 Å². The number of nitrogen functional groups attached to an aromatic ring is 1. The molecule has 0 spiro atoms. The minimum Gasteiger partial charge on any atom is -0.396 e. The van der Waals surface area contributed by atoms with Crippen LogP contribution in [0.4, 0.5) is 11.5 Å². The lowest BCUT2D eigenvalue weighted by Gasteiger charge is -2.34. The van der Waals surface area contributed by atoms with E-state index in [9.17, 15) is 0 Å².